The van der Waals surface area contributed by atoms with Gasteiger partial charge in [0.25, 0.3) is 15.9 Å². The Kier molecular flexibility index (Phi) is 7.25. The van der Waals surface area contributed by atoms with Crippen molar-refractivity contribution >= 4 is 27.5 Å². The van der Waals surface area contributed by atoms with Gasteiger partial charge in [-0.2, -0.15) is 4.31 Å². The lowest BCUT2D eigenvalue weighted by Crippen LogP contribution is -2.63. The minimum absolute atomic E-state index is 0.0113. The lowest BCUT2D eigenvalue weighted by Gasteiger charge is -2.50. The van der Waals surface area contributed by atoms with E-state index in [0.717, 1.165) is 5.56 Å². The van der Waals surface area contributed by atoms with Gasteiger partial charge >= 0.3 is 0 Å². The third kappa shape index (κ3) is 5.37. The van der Waals surface area contributed by atoms with E-state index < -0.39 is 21.5 Å². The number of hydrogen-bond donors (Lipinski definition) is 1. The molecule has 35 heavy (non-hydrogen) atoms. The van der Waals surface area contributed by atoms with Crippen LogP contribution in [-0.4, -0.2) is 77.3 Å². The van der Waals surface area contributed by atoms with Crippen LogP contribution in [0.2, 0.25) is 5.02 Å². The molecule has 4 rings (SSSR count). The summed E-state index contributed by atoms with van der Waals surface area (Å²) in [5, 5.41) is 3.25. The number of carbonyl (C=O) groups excluding carboxylic acids is 1. The fourth-order valence-electron chi connectivity index (χ4n) is 5.00. The van der Waals surface area contributed by atoms with E-state index in [1.165, 1.54) is 16.8 Å². The minimum atomic E-state index is -3.73. The molecule has 1 N–H and O–H groups in total. The number of nitrogens with zero attached hydrogens (tertiary/aromatic N) is 4. The van der Waals surface area contributed by atoms with Gasteiger partial charge in [0.1, 0.15) is 0 Å². The topological polar surface area (TPSA) is 87.5 Å². The predicted molar refractivity (Wildman–Crippen MR) is 128 cm³/mol. The number of rotatable bonds is 6. The molecule has 1 aliphatic carbocycles. The van der Waals surface area contributed by atoms with Gasteiger partial charge in [-0.05, 0) is 31.4 Å². The summed E-state index contributed by atoms with van der Waals surface area (Å²) in [7, 11) is -2.04. The molecule has 0 radical (unpaired) electrons. The van der Waals surface area contributed by atoms with Crippen LogP contribution in [-0.2, 0) is 17.1 Å². The van der Waals surface area contributed by atoms with Crippen LogP contribution in [0.3, 0.4) is 0 Å². The maximum atomic E-state index is 14.1. The Morgan fingerprint density at radius 3 is 2.37 bits per heavy atom. The zero-order valence-corrected chi connectivity index (χ0v) is 21.4. The number of aryl methyl sites for hydroxylation is 2. The Labute approximate surface area is 209 Å². The smallest absolute Gasteiger partial charge is 0.262 e. The number of halogens is 3. The quantitative estimate of drug-likeness (QED) is 0.621. The van der Waals surface area contributed by atoms with Crippen LogP contribution < -0.4 is 5.32 Å². The molecule has 0 unspecified atom stereocenters. The number of imidazole rings is 1. The van der Waals surface area contributed by atoms with Crippen molar-refractivity contribution in [3.8, 4) is 0 Å². The molecule has 1 aliphatic heterocycles. The number of benzene rings is 1. The first-order valence-electron chi connectivity index (χ1n) is 11.6. The number of hydrogen-bond acceptors (Lipinski definition) is 5. The number of nitrogens with one attached hydrogen (secondary N) is 1. The molecular weight excluding hydrogens is 500 g/mol. The highest BCUT2D eigenvalue weighted by atomic mass is 35.5. The van der Waals surface area contributed by atoms with E-state index in [4.69, 9.17) is 11.6 Å². The molecule has 0 atom stereocenters. The molecule has 1 saturated heterocycles. The number of aromatic nitrogens is 2. The van der Waals surface area contributed by atoms with Gasteiger partial charge in [-0.3, -0.25) is 9.69 Å². The fraction of sp³-hybridized carbons (Fsp3) is 0.565. The minimum Gasteiger partial charge on any atom is -0.350 e. The fourth-order valence-corrected chi connectivity index (χ4v) is 6.69. The molecule has 2 aromatic rings. The van der Waals surface area contributed by atoms with E-state index >= 15 is 0 Å². The van der Waals surface area contributed by atoms with Crippen LogP contribution >= 0.6 is 11.6 Å². The molecule has 1 aromatic heterocycles. The van der Waals surface area contributed by atoms with Crippen molar-refractivity contribution in [2.75, 3.05) is 32.7 Å². The van der Waals surface area contributed by atoms with Crippen molar-refractivity contribution in [3.63, 3.8) is 0 Å². The Morgan fingerprint density at radius 1 is 1.14 bits per heavy atom. The molecule has 12 heteroatoms. The number of carbonyl (C=O) groups is 1. The van der Waals surface area contributed by atoms with Crippen LogP contribution in [0.1, 0.15) is 41.6 Å². The molecule has 2 fully saturated rings. The maximum absolute atomic E-state index is 14.1. The van der Waals surface area contributed by atoms with Gasteiger partial charge in [0, 0.05) is 64.3 Å². The third-order valence-corrected chi connectivity index (χ3v) is 9.23. The Morgan fingerprint density at radius 2 is 1.80 bits per heavy atom. The summed E-state index contributed by atoms with van der Waals surface area (Å²) in [6, 6.07) is 5.19. The third-order valence-electron chi connectivity index (χ3n) is 7.13. The van der Waals surface area contributed by atoms with Crippen LogP contribution in [0.4, 0.5) is 8.78 Å². The second-order valence-electron chi connectivity index (χ2n) is 9.46. The monoisotopic (exact) mass is 529 g/mol. The summed E-state index contributed by atoms with van der Waals surface area (Å²) in [5.74, 6) is -3.09. The summed E-state index contributed by atoms with van der Waals surface area (Å²) in [4.78, 5) is 19.0. The largest absolute Gasteiger partial charge is 0.350 e. The molecule has 1 saturated carbocycles. The molecular formula is C23H30ClF2N5O3S. The molecule has 192 valence electrons. The van der Waals surface area contributed by atoms with Crippen LogP contribution in [0.25, 0.3) is 0 Å². The second kappa shape index (κ2) is 9.76. The predicted octanol–water partition coefficient (Wildman–Crippen LogP) is 3.07. The summed E-state index contributed by atoms with van der Waals surface area (Å²) < 4.78 is 57.0. The van der Waals surface area contributed by atoms with Crippen molar-refractivity contribution in [1.29, 1.82) is 0 Å². The van der Waals surface area contributed by atoms with Gasteiger partial charge in [-0.1, -0.05) is 23.7 Å². The molecule has 0 spiro atoms. The highest BCUT2D eigenvalue weighted by Gasteiger charge is 2.48. The Bertz CT molecular complexity index is 1170. The summed E-state index contributed by atoms with van der Waals surface area (Å²) in [5.41, 5.74) is 0.414. The SMILES string of the molecule is Cc1cccc(Cl)c1C(=O)NCC1(N2CCN(S(=O)(=O)c3cn(C)cn3)CC2)CCC(F)(F)CC1. The van der Waals surface area contributed by atoms with Gasteiger partial charge in [-0.15, -0.1) is 0 Å². The van der Waals surface area contributed by atoms with Crippen molar-refractivity contribution in [2.24, 2.45) is 7.05 Å². The van der Waals surface area contributed by atoms with E-state index in [1.54, 1.807) is 36.7 Å². The number of piperazine rings is 1. The highest BCUT2D eigenvalue weighted by molar-refractivity contribution is 7.89. The maximum Gasteiger partial charge on any atom is 0.262 e. The summed E-state index contributed by atoms with van der Waals surface area (Å²) in [6.45, 7) is 3.15. The molecule has 0 bridgehead atoms. The van der Waals surface area contributed by atoms with Crippen LogP contribution in [0.5, 0.6) is 0 Å². The first-order chi connectivity index (χ1) is 16.4. The van der Waals surface area contributed by atoms with Gasteiger partial charge < -0.3 is 9.88 Å². The molecule has 1 amide bonds. The van der Waals surface area contributed by atoms with E-state index in [1.807, 2.05) is 0 Å². The van der Waals surface area contributed by atoms with Crippen molar-refractivity contribution in [2.45, 2.75) is 49.1 Å². The molecule has 2 heterocycles. The van der Waals surface area contributed by atoms with Gasteiger partial charge in [-0.25, -0.2) is 22.2 Å². The molecule has 1 aromatic carbocycles. The lowest BCUT2D eigenvalue weighted by molar-refractivity contribution is -0.0856. The van der Waals surface area contributed by atoms with Gasteiger partial charge in [0.05, 0.1) is 16.9 Å². The second-order valence-corrected chi connectivity index (χ2v) is 11.8. The van der Waals surface area contributed by atoms with Crippen molar-refractivity contribution in [1.82, 2.24) is 24.1 Å². The van der Waals surface area contributed by atoms with Crippen molar-refractivity contribution < 1.29 is 22.0 Å². The van der Waals surface area contributed by atoms with E-state index in [-0.39, 0.29) is 56.3 Å². The number of sulfonamides is 1. The van der Waals surface area contributed by atoms with E-state index in [2.05, 4.69) is 15.2 Å². The van der Waals surface area contributed by atoms with E-state index in [0.29, 0.717) is 23.7 Å². The summed E-state index contributed by atoms with van der Waals surface area (Å²) >= 11 is 6.24. The zero-order chi connectivity index (χ0) is 25.4. The summed E-state index contributed by atoms with van der Waals surface area (Å²) in [6.07, 6.45) is 2.74. The zero-order valence-electron chi connectivity index (χ0n) is 19.8. The standard InChI is InChI=1S/C23H30ClF2N5O3S/c1-17-4-3-5-18(24)20(17)21(32)27-15-22(6-8-23(25,26)9-7-22)30-10-12-31(13-11-30)35(33,34)19-14-29(2)16-28-19/h3-5,14,16H,6-13,15H2,1-2H3,(H,27,32). The highest BCUT2D eigenvalue weighted by Crippen LogP contribution is 2.42. The number of amides is 1. The number of alkyl halides is 2. The first kappa shape index (κ1) is 26.0. The van der Waals surface area contributed by atoms with Gasteiger partial charge in [0.15, 0.2) is 5.03 Å². The van der Waals surface area contributed by atoms with Crippen LogP contribution in [0, 0.1) is 6.92 Å². The van der Waals surface area contributed by atoms with Crippen molar-refractivity contribution in [3.05, 3.63) is 46.9 Å². The normalized spacial score (nSPS) is 21.1. The Hall–Kier alpha value is -2.08. The molecule has 2 aliphatic rings. The first-order valence-corrected chi connectivity index (χ1v) is 13.4. The Balaban J connectivity index is 1.49. The average Bonchev–Trinajstić information content (AvgIpc) is 3.26. The lowest BCUT2D eigenvalue weighted by atomic mass is 9.78. The van der Waals surface area contributed by atoms with Gasteiger partial charge in [0.2, 0.25) is 5.92 Å². The van der Waals surface area contributed by atoms with E-state index in [9.17, 15) is 22.0 Å². The average molecular weight is 530 g/mol. The molecule has 8 nitrogen and oxygen atoms in total. The van der Waals surface area contributed by atoms with Crippen LogP contribution in [0.15, 0.2) is 35.7 Å².